The van der Waals surface area contributed by atoms with E-state index in [1.54, 1.807) is 48.5 Å². The van der Waals surface area contributed by atoms with Gasteiger partial charge in [-0.2, -0.15) is 0 Å². The first-order valence-corrected chi connectivity index (χ1v) is 10.5. The zero-order valence-electron chi connectivity index (χ0n) is 14.2. The van der Waals surface area contributed by atoms with Crippen LogP contribution in [0.4, 0.5) is 5.69 Å². The molecule has 9 heteroatoms. The minimum atomic E-state index is -3.55. The summed E-state index contributed by atoms with van der Waals surface area (Å²) >= 11 is 1.06. The van der Waals surface area contributed by atoms with Gasteiger partial charge in [0.25, 0.3) is 0 Å². The lowest BCUT2D eigenvalue weighted by Gasteiger charge is -2.10. The maximum atomic E-state index is 12.3. The molecular weight excluding hydrogens is 374 g/mol. The van der Waals surface area contributed by atoms with Gasteiger partial charge in [0.15, 0.2) is 5.16 Å². The first kappa shape index (κ1) is 18.3. The van der Waals surface area contributed by atoms with Crippen LogP contribution in [0.3, 0.4) is 0 Å². The van der Waals surface area contributed by atoms with Gasteiger partial charge in [-0.3, -0.25) is 4.79 Å². The smallest absolute Gasteiger partial charge is 0.238 e. The highest BCUT2D eigenvalue weighted by Gasteiger charge is 2.19. The molecule has 0 saturated heterocycles. The van der Waals surface area contributed by atoms with Gasteiger partial charge >= 0.3 is 0 Å². The first-order chi connectivity index (χ1) is 12.4. The fourth-order valence-corrected chi connectivity index (χ4v) is 4.57. The molecule has 1 N–H and O–H groups in total. The monoisotopic (exact) mass is 391 g/mol. The molecule has 0 unspecified atom stereocenters. The molecule has 0 saturated carbocycles. The van der Waals surface area contributed by atoms with Crippen molar-refractivity contribution < 1.29 is 17.9 Å². The molecule has 136 valence electrons. The van der Waals surface area contributed by atoms with Crippen LogP contribution in [0.1, 0.15) is 0 Å². The van der Waals surface area contributed by atoms with Gasteiger partial charge in [0.1, 0.15) is 5.75 Å². The summed E-state index contributed by atoms with van der Waals surface area (Å²) in [5.41, 5.74) is 1.60. The predicted molar refractivity (Wildman–Crippen MR) is 102 cm³/mol. The van der Waals surface area contributed by atoms with Crippen LogP contribution in [0.5, 0.6) is 5.75 Å². The third-order valence-electron chi connectivity index (χ3n) is 3.54. The number of nitrogens with one attached hydrogen (secondary N) is 1. The van der Waals surface area contributed by atoms with E-state index >= 15 is 0 Å². The second kappa shape index (κ2) is 7.38. The molecule has 7 nitrogen and oxygen atoms in total. The SMILES string of the molecule is COc1ccccc1NC(=O)CSc1nc2ccccc2n1S(C)(=O)=O. The molecule has 2 aromatic carbocycles. The van der Waals surface area contributed by atoms with Gasteiger partial charge in [0.2, 0.25) is 15.9 Å². The van der Waals surface area contributed by atoms with Crippen molar-refractivity contribution in [1.82, 2.24) is 8.96 Å². The number of imidazole rings is 1. The molecule has 1 heterocycles. The third-order valence-corrected chi connectivity index (χ3v) is 5.62. The number of nitrogens with zero attached hydrogens (tertiary/aromatic N) is 2. The van der Waals surface area contributed by atoms with Crippen molar-refractivity contribution in [1.29, 1.82) is 0 Å². The van der Waals surface area contributed by atoms with Gasteiger partial charge < -0.3 is 10.1 Å². The second-order valence-corrected chi connectivity index (χ2v) is 8.22. The lowest BCUT2D eigenvalue weighted by Crippen LogP contribution is -2.16. The normalized spacial score (nSPS) is 11.5. The summed E-state index contributed by atoms with van der Waals surface area (Å²) in [5, 5.41) is 3.01. The highest BCUT2D eigenvalue weighted by Crippen LogP contribution is 2.27. The summed E-state index contributed by atoms with van der Waals surface area (Å²) in [5.74, 6) is 0.275. The molecule has 0 aliphatic carbocycles. The number of carbonyl (C=O) groups is 1. The van der Waals surface area contributed by atoms with E-state index in [0.717, 1.165) is 22.0 Å². The quantitative estimate of drug-likeness (QED) is 0.650. The number of hydrogen-bond donors (Lipinski definition) is 1. The van der Waals surface area contributed by atoms with Gasteiger partial charge in [0, 0.05) is 0 Å². The van der Waals surface area contributed by atoms with E-state index < -0.39 is 10.0 Å². The number of benzene rings is 2. The lowest BCUT2D eigenvalue weighted by molar-refractivity contribution is -0.113. The van der Waals surface area contributed by atoms with Gasteiger partial charge in [-0.15, -0.1) is 0 Å². The fourth-order valence-electron chi connectivity index (χ4n) is 2.46. The van der Waals surface area contributed by atoms with E-state index in [1.165, 1.54) is 7.11 Å². The Bertz CT molecular complexity index is 1060. The molecule has 0 atom stereocenters. The molecule has 0 aliphatic rings. The van der Waals surface area contributed by atoms with E-state index in [-0.39, 0.29) is 16.8 Å². The number of rotatable bonds is 6. The zero-order chi connectivity index (χ0) is 18.7. The van der Waals surface area contributed by atoms with Crippen molar-refractivity contribution in [2.75, 3.05) is 24.4 Å². The lowest BCUT2D eigenvalue weighted by atomic mass is 10.3. The van der Waals surface area contributed by atoms with E-state index in [4.69, 9.17) is 4.74 Å². The molecule has 26 heavy (non-hydrogen) atoms. The number of carbonyl (C=O) groups excluding carboxylic acids is 1. The Morgan fingerprint density at radius 3 is 2.62 bits per heavy atom. The standard InChI is InChI=1S/C17H17N3O4S2/c1-24-15-10-6-4-8-13(15)18-16(21)11-25-17-19-12-7-3-5-9-14(12)20(17)26(2,22)23/h3-10H,11H2,1-2H3,(H,18,21). The molecule has 1 aromatic heterocycles. The molecule has 0 bridgehead atoms. The van der Waals surface area contributed by atoms with Crippen molar-refractivity contribution in [2.24, 2.45) is 0 Å². The number of para-hydroxylation sites is 4. The summed E-state index contributed by atoms with van der Waals surface area (Å²) in [6, 6.07) is 14.0. The number of thioether (sulfide) groups is 1. The van der Waals surface area contributed by atoms with Gasteiger partial charge in [0.05, 0.1) is 35.8 Å². The topological polar surface area (TPSA) is 90.3 Å². The number of amides is 1. The molecular formula is C17H17N3O4S2. The Hall–Kier alpha value is -2.52. The molecule has 1 amide bonds. The number of fused-ring (bicyclic) bond motifs is 1. The van der Waals surface area contributed by atoms with Gasteiger partial charge in [-0.05, 0) is 24.3 Å². The van der Waals surface area contributed by atoms with Crippen molar-refractivity contribution in [3.8, 4) is 5.75 Å². The zero-order valence-corrected chi connectivity index (χ0v) is 15.8. The van der Waals surface area contributed by atoms with Crippen molar-refractivity contribution in [3.63, 3.8) is 0 Å². The Kier molecular flexibility index (Phi) is 5.19. The van der Waals surface area contributed by atoms with Crippen molar-refractivity contribution in [3.05, 3.63) is 48.5 Å². The summed E-state index contributed by atoms with van der Waals surface area (Å²) in [6.45, 7) is 0. The van der Waals surface area contributed by atoms with Gasteiger partial charge in [-0.25, -0.2) is 17.4 Å². The third kappa shape index (κ3) is 3.83. The minimum absolute atomic E-state index is 0.0108. The Morgan fingerprint density at radius 2 is 1.88 bits per heavy atom. The van der Waals surface area contributed by atoms with Crippen molar-refractivity contribution >= 4 is 44.4 Å². The van der Waals surface area contributed by atoms with Crippen LogP contribution in [0, 0.1) is 0 Å². The van der Waals surface area contributed by atoms with Crippen LogP contribution in [0.15, 0.2) is 53.7 Å². The Labute approximate surface area is 155 Å². The molecule has 0 radical (unpaired) electrons. The molecule has 0 spiro atoms. The second-order valence-electron chi connectivity index (χ2n) is 5.45. The number of ether oxygens (including phenoxy) is 1. The highest BCUT2D eigenvalue weighted by molar-refractivity contribution is 8.00. The fraction of sp³-hybridized carbons (Fsp3) is 0.176. The summed E-state index contributed by atoms with van der Waals surface area (Å²) in [7, 11) is -2.03. The Balaban J connectivity index is 1.80. The van der Waals surface area contributed by atoms with E-state index in [0.29, 0.717) is 22.5 Å². The minimum Gasteiger partial charge on any atom is -0.495 e. The van der Waals surface area contributed by atoms with Crippen LogP contribution < -0.4 is 10.1 Å². The Morgan fingerprint density at radius 1 is 1.19 bits per heavy atom. The van der Waals surface area contributed by atoms with E-state index in [2.05, 4.69) is 10.3 Å². The largest absolute Gasteiger partial charge is 0.495 e. The average Bonchev–Trinajstić information content (AvgIpc) is 2.99. The van der Waals surface area contributed by atoms with E-state index in [9.17, 15) is 13.2 Å². The first-order valence-electron chi connectivity index (χ1n) is 7.64. The summed E-state index contributed by atoms with van der Waals surface area (Å²) in [6.07, 6.45) is 1.11. The van der Waals surface area contributed by atoms with Crippen LogP contribution >= 0.6 is 11.8 Å². The van der Waals surface area contributed by atoms with Gasteiger partial charge in [-0.1, -0.05) is 36.0 Å². The molecule has 3 rings (SSSR count). The maximum absolute atomic E-state index is 12.3. The van der Waals surface area contributed by atoms with Crippen LogP contribution in [0.25, 0.3) is 11.0 Å². The summed E-state index contributed by atoms with van der Waals surface area (Å²) < 4.78 is 30.6. The van der Waals surface area contributed by atoms with Crippen LogP contribution in [-0.4, -0.2) is 42.4 Å². The number of anilines is 1. The number of hydrogen-bond acceptors (Lipinski definition) is 6. The predicted octanol–water partition coefficient (Wildman–Crippen LogP) is 2.58. The highest BCUT2D eigenvalue weighted by atomic mass is 32.2. The molecule has 3 aromatic rings. The summed E-state index contributed by atoms with van der Waals surface area (Å²) in [4.78, 5) is 16.6. The average molecular weight is 391 g/mol. The van der Waals surface area contributed by atoms with E-state index in [1.807, 2.05) is 0 Å². The maximum Gasteiger partial charge on any atom is 0.238 e. The molecule has 0 fully saturated rings. The van der Waals surface area contributed by atoms with Crippen molar-refractivity contribution in [2.45, 2.75) is 5.16 Å². The van der Waals surface area contributed by atoms with Crippen LogP contribution in [0.2, 0.25) is 0 Å². The van der Waals surface area contributed by atoms with Crippen LogP contribution in [-0.2, 0) is 14.8 Å². The molecule has 0 aliphatic heterocycles. The number of methoxy groups -OCH3 is 1. The number of aromatic nitrogens is 2.